The number of carbonyl (C=O) groups excluding carboxylic acids is 2. The zero-order chi connectivity index (χ0) is 37.5. The summed E-state index contributed by atoms with van der Waals surface area (Å²) in [7, 11) is -1.58. The van der Waals surface area contributed by atoms with Gasteiger partial charge in [-0.25, -0.2) is 28.1 Å². The Bertz CT molecular complexity index is 2240. The van der Waals surface area contributed by atoms with Gasteiger partial charge in [0, 0.05) is 34.5 Å². The SMILES string of the molecule is COC(=O)N(Cc1ccc([C@@H](CO)N(Cc2ccnc(OC)c2)S(=O)(=O)c2ccc3ncsc3c2)s1)C(=O)[C@@H](N)C(c1ccccc1)c1ccccc1. The Balaban J connectivity index is 1.33. The van der Waals surface area contributed by atoms with Gasteiger partial charge in [-0.1, -0.05) is 60.7 Å². The van der Waals surface area contributed by atoms with Crippen LogP contribution in [0.3, 0.4) is 0 Å². The molecule has 0 radical (unpaired) electrons. The minimum absolute atomic E-state index is 0.0355. The summed E-state index contributed by atoms with van der Waals surface area (Å²) < 4.78 is 41.1. The zero-order valence-electron chi connectivity index (χ0n) is 28.8. The van der Waals surface area contributed by atoms with E-state index in [9.17, 15) is 23.1 Å². The molecular formula is C38H37N5O7S3. The van der Waals surface area contributed by atoms with Crippen LogP contribution in [0.2, 0.25) is 0 Å². The summed E-state index contributed by atoms with van der Waals surface area (Å²) in [6.07, 6.45) is 0.622. The number of nitrogens with zero attached hydrogens (tertiary/aromatic N) is 4. The summed E-state index contributed by atoms with van der Waals surface area (Å²) in [5.41, 5.74) is 11.2. The third kappa shape index (κ3) is 8.30. The number of imide groups is 1. The van der Waals surface area contributed by atoms with Crippen molar-refractivity contribution in [2.75, 3.05) is 20.8 Å². The largest absolute Gasteiger partial charge is 0.481 e. The molecule has 0 saturated heterocycles. The van der Waals surface area contributed by atoms with Crippen LogP contribution in [0.4, 0.5) is 4.79 Å². The summed E-state index contributed by atoms with van der Waals surface area (Å²) >= 11 is 2.48. The van der Waals surface area contributed by atoms with Crippen molar-refractivity contribution in [3.63, 3.8) is 0 Å². The van der Waals surface area contributed by atoms with Gasteiger partial charge in [-0.05, 0) is 53.1 Å². The van der Waals surface area contributed by atoms with Crippen molar-refractivity contribution in [3.8, 4) is 5.88 Å². The number of carbonyl (C=O) groups is 2. The van der Waals surface area contributed by atoms with Crippen molar-refractivity contribution < 1.29 is 32.6 Å². The summed E-state index contributed by atoms with van der Waals surface area (Å²) in [4.78, 5) is 37.7. The fraction of sp³-hybridized carbons (Fsp3) is 0.211. The fourth-order valence-electron chi connectivity index (χ4n) is 6.06. The lowest BCUT2D eigenvalue weighted by molar-refractivity contribution is -0.131. The molecule has 0 aliphatic carbocycles. The molecule has 0 spiro atoms. The Kier molecular flexibility index (Phi) is 11.9. The molecule has 0 unspecified atom stereocenters. The second-order valence-electron chi connectivity index (χ2n) is 12.0. The number of benzene rings is 3. The Morgan fingerprint density at radius 3 is 2.23 bits per heavy atom. The lowest BCUT2D eigenvalue weighted by atomic mass is 9.85. The van der Waals surface area contributed by atoms with Crippen molar-refractivity contribution >= 4 is 54.9 Å². The van der Waals surface area contributed by atoms with Gasteiger partial charge in [-0.15, -0.1) is 22.7 Å². The fourth-order valence-corrected chi connectivity index (χ4v) is 9.64. The molecule has 0 fully saturated rings. The van der Waals surface area contributed by atoms with Gasteiger partial charge in [0.05, 0.1) is 60.1 Å². The van der Waals surface area contributed by atoms with Gasteiger partial charge in [-0.3, -0.25) is 4.79 Å². The first kappa shape index (κ1) is 37.7. The number of thiophene rings is 1. The Morgan fingerprint density at radius 1 is 0.887 bits per heavy atom. The number of ether oxygens (including phenoxy) is 2. The molecule has 0 bridgehead atoms. The molecular weight excluding hydrogens is 735 g/mol. The number of methoxy groups -OCH3 is 2. The molecule has 2 atom stereocenters. The first-order valence-corrected chi connectivity index (χ1v) is 19.6. The summed E-state index contributed by atoms with van der Waals surface area (Å²) in [6.45, 7) is -0.887. The van der Waals surface area contributed by atoms with E-state index in [1.54, 1.807) is 41.9 Å². The second-order valence-corrected chi connectivity index (χ2v) is 15.9. The highest BCUT2D eigenvalue weighted by Crippen LogP contribution is 2.36. The number of hydrogen-bond donors (Lipinski definition) is 2. The number of aromatic nitrogens is 2. The van der Waals surface area contributed by atoms with Crippen LogP contribution < -0.4 is 10.5 Å². The van der Waals surface area contributed by atoms with E-state index in [4.69, 9.17) is 15.2 Å². The van der Waals surface area contributed by atoms with Crippen LogP contribution in [0.1, 0.15) is 38.4 Å². The molecule has 6 aromatic rings. The van der Waals surface area contributed by atoms with Gasteiger partial charge >= 0.3 is 6.09 Å². The summed E-state index contributed by atoms with van der Waals surface area (Å²) in [6, 6.07) is 27.9. The topological polar surface area (TPSA) is 165 Å². The second kappa shape index (κ2) is 16.8. The van der Waals surface area contributed by atoms with Gasteiger partial charge in [0.15, 0.2) is 0 Å². The summed E-state index contributed by atoms with van der Waals surface area (Å²) in [5.74, 6) is -0.917. The van der Waals surface area contributed by atoms with Crippen LogP contribution in [0, 0.1) is 0 Å². The van der Waals surface area contributed by atoms with Gasteiger partial charge in [-0.2, -0.15) is 4.31 Å². The molecule has 0 saturated carbocycles. The summed E-state index contributed by atoms with van der Waals surface area (Å²) in [5, 5.41) is 10.8. The lowest BCUT2D eigenvalue weighted by Gasteiger charge is -2.29. The standard InChI is InChI=1S/C38H37N5O7S3/c1-49-34-19-25(17-18-40-34)21-43(53(47,48)29-14-15-30-33(20-29)51-24-41-30)31(23-44)32-16-13-28(52-32)22-42(38(46)50-2)37(45)36(39)35(26-9-5-3-6-10-26)27-11-7-4-8-12-27/h3-20,24,31,35-36,44H,21-23,39H2,1-2H3/t31-,36+/m1/s1. The highest BCUT2D eigenvalue weighted by atomic mass is 32.2. The molecule has 3 heterocycles. The molecule has 6 rings (SSSR count). The van der Waals surface area contributed by atoms with E-state index in [0.29, 0.717) is 31.4 Å². The van der Waals surface area contributed by atoms with Crippen LogP contribution >= 0.6 is 22.7 Å². The van der Waals surface area contributed by atoms with E-state index in [-0.39, 0.29) is 18.0 Å². The molecule has 3 aromatic carbocycles. The molecule has 53 heavy (non-hydrogen) atoms. The predicted octanol–water partition coefficient (Wildman–Crippen LogP) is 5.94. The number of thiazole rings is 1. The number of nitrogens with two attached hydrogens (primary N) is 1. The van der Waals surface area contributed by atoms with Crippen molar-refractivity contribution in [3.05, 3.63) is 141 Å². The predicted molar refractivity (Wildman–Crippen MR) is 203 cm³/mol. The number of fused-ring (bicyclic) bond motifs is 1. The molecule has 274 valence electrons. The van der Waals surface area contributed by atoms with Crippen LogP contribution in [0.5, 0.6) is 5.88 Å². The molecule has 0 aliphatic heterocycles. The number of hydrogen-bond acceptors (Lipinski definition) is 12. The van der Waals surface area contributed by atoms with E-state index < -0.39 is 46.6 Å². The van der Waals surface area contributed by atoms with Gasteiger partial charge in [0.1, 0.15) is 0 Å². The average molecular weight is 772 g/mol. The number of amides is 2. The highest BCUT2D eigenvalue weighted by molar-refractivity contribution is 7.89. The number of aliphatic hydroxyl groups excluding tert-OH is 1. The van der Waals surface area contributed by atoms with Crippen LogP contribution in [-0.4, -0.2) is 71.6 Å². The van der Waals surface area contributed by atoms with Crippen molar-refractivity contribution in [1.29, 1.82) is 0 Å². The average Bonchev–Trinajstić information content (AvgIpc) is 3.87. The number of rotatable bonds is 14. The Morgan fingerprint density at radius 2 is 1.58 bits per heavy atom. The van der Waals surface area contributed by atoms with Crippen molar-refractivity contribution in [2.24, 2.45) is 5.73 Å². The van der Waals surface area contributed by atoms with Crippen LogP contribution in [-0.2, 0) is 32.6 Å². The van der Waals surface area contributed by atoms with E-state index >= 15 is 0 Å². The molecule has 3 N–H and O–H groups in total. The minimum Gasteiger partial charge on any atom is -0.481 e. The van der Waals surface area contributed by atoms with Crippen molar-refractivity contribution in [2.45, 2.75) is 36.0 Å². The van der Waals surface area contributed by atoms with Gasteiger partial charge in [0.2, 0.25) is 21.8 Å². The molecule has 12 nitrogen and oxygen atoms in total. The maximum absolute atomic E-state index is 14.4. The normalized spacial score (nSPS) is 12.9. The van der Waals surface area contributed by atoms with E-state index in [0.717, 1.165) is 27.4 Å². The zero-order valence-corrected chi connectivity index (χ0v) is 31.3. The van der Waals surface area contributed by atoms with E-state index in [1.807, 2.05) is 60.7 Å². The maximum Gasteiger partial charge on any atom is 0.416 e. The third-order valence-corrected chi connectivity index (χ3v) is 12.5. The third-order valence-electron chi connectivity index (χ3n) is 8.72. The molecule has 0 aliphatic rings. The molecule has 2 amide bonds. The number of aliphatic hydroxyl groups is 1. The van der Waals surface area contributed by atoms with Crippen molar-refractivity contribution in [1.82, 2.24) is 19.2 Å². The molecule has 15 heteroatoms. The lowest BCUT2D eigenvalue weighted by Crippen LogP contribution is -2.49. The first-order valence-electron chi connectivity index (χ1n) is 16.4. The smallest absolute Gasteiger partial charge is 0.416 e. The molecule has 3 aromatic heterocycles. The number of pyridine rings is 1. The van der Waals surface area contributed by atoms with Gasteiger partial charge in [0.25, 0.3) is 0 Å². The van der Waals surface area contributed by atoms with E-state index in [1.165, 1.54) is 42.1 Å². The van der Waals surface area contributed by atoms with Gasteiger partial charge < -0.3 is 20.3 Å². The van der Waals surface area contributed by atoms with Crippen LogP contribution in [0.15, 0.2) is 120 Å². The highest BCUT2D eigenvalue weighted by Gasteiger charge is 2.36. The van der Waals surface area contributed by atoms with E-state index in [2.05, 4.69) is 9.97 Å². The minimum atomic E-state index is -4.22. The monoisotopic (exact) mass is 771 g/mol. The maximum atomic E-state index is 14.4. The van der Waals surface area contributed by atoms with Crippen LogP contribution in [0.25, 0.3) is 10.2 Å². The quantitative estimate of drug-likeness (QED) is 0.135. The Hall–Kier alpha value is -5.03. The Labute approximate surface area is 315 Å². The number of sulfonamides is 1. The first-order chi connectivity index (χ1) is 25.6.